The Morgan fingerprint density at radius 1 is 1.40 bits per heavy atom. The van der Waals surface area contributed by atoms with Gasteiger partial charge in [-0.2, -0.15) is 0 Å². The number of nitrogens with zero attached hydrogens (tertiary/aromatic N) is 1. The summed E-state index contributed by atoms with van der Waals surface area (Å²) in [6.07, 6.45) is 0. The van der Waals surface area contributed by atoms with Crippen LogP contribution in [0.2, 0.25) is 0 Å². The topological polar surface area (TPSA) is 15.3 Å². The van der Waals surface area contributed by atoms with Gasteiger partial charge in [0.2, 0.25) is 0 Å². The zero-order valence-corrected chi connectivity index (χ0v) is 10.2. The van der Waals surface area contributed by atoms with Crippen molar-refractivity contribution < 1.29 is 0 Å². The average molecular weight is 206 g/mol. The monoisotopic (exact) mass is 206 g/mol. The molecule has 2 heteroatoms. The van der Waals surface area contributed by atoms with Crippen molar-refractivity contribution in [3.05, 3.63) is 35.4 Å². The summed E-state index contributed by atoms with van der Waals surface area (Å²) in [5.74, 6) is 0. The highest BCUT2D eigenvalue weighted by Gasteiger charge is 2.10. The number of benzene rings is 1. The number of hydrogen-bond donors (Lipinski definition) is 1. The van der Waals surface area contributed by atoms with Crippen LogP contribution in [-0.4, -0.2) is 32.1 Å². The molecule has 1 atom stereocenters. The summed E-state index contributed by atoms with van der Waals surface area (Å²) < 4.78 is 0. The fourth-order valence-corrected chi connectivity index (χ4v) is 1.67. The highest BCUT2D eigenvalue weighted by molar-refractivity contribution is 5.24. The van der Waals surface area contributed by atoms with Crippen LogP contribution in [0.3, 0.4) is 0 Å². The fraction of sp³-hybridized carbons (Fsp3) is 0.538. The first-order valence-electron chi connectivity index (χ1n) is 5.56. The van der Waals surface area contributed by atoms with Crippen LogP contribution in [0.4, 0.5) is 0 Å². The van der Waals surface area contributed by atoms with Crippen molar-refractivity contribution in [2.45, 2.75) is 19.9 Å². The van der Waals surface area contributed by atoms with E-state index in [4.69, 9.17) is 0 Å². The molecule has 1 unspecified atom stereocenters. The minimum atomic E-state index is 0.484. The maximum Gasteiger partial charge on any atom is 0.0317 e. The SMILES string of the molecule is CNCCN(C)C(C)c1cccc(C)c1. The summed E-state index contributed by atoms with van der Waals surface area (Å²) in [5, 5.41) is 3.17. The minimum absolute atomic E-state index is 0.484. The zero-order chi connectivity index (χ0) is 11.3. The second-order valence-corrected chi connectivity index (χ2v) is 4.17. The normalized spacial score (nSPS) is 13.1. The first-order valence-corrected chi connectivity index (χ1v) is 5.56. The summed E-state index contributed by atoms with van der Waals surface area (Å²) in [6.45, 7) is 6.51. The van der Waals surface area contributed by atoms with Gasteiger partial charge < -0.3 is 5.32 Å². The van der Waals surface area contributed by atoms with Crippen molar-refractivity contribution in [3.63, 3.8) is 0 Å². The van der Waals surface area contributed by atoms with Gasteiger partial charge in [-0.25, -0.2) is 0 Å². The third-order valence-corrected chi connectivity index (χ3v) is 2.90. The predicted octanol–water partition coefficient (Wildman–Crippen LogP) is 2.21. The third-order valence-electron chi connectivity index (χ3n) is 2.90. The van der Waals surface area contributed by atoms with E-state index in [9.17, 15) is 0 Å². The second-order valence-electron chi connectivity index (χ2n) is 4.17. The number of hydrogen-bond acceptors (Lipinski definition) is 2. The van der Waals surface area contributed by atoms with Crippen LogP contribution in [0.15, 0.2) is 24.3 Å². The Morgan fingerprint density at radius 3 is 2.73 bits per heavy atom. The molecule has 1 N–H and O–H groups in total. The van der Waals surface area contributed by atoms with Crippen molar-refractivity contribution in [3.8, 4) is 0 Å². The first kappa shape index (κ1) is 12.2. The lowest BCUT2D eigenvalue weighted by Gasteiger charge is -2.25. The smallest absolute Gasteiger partial charge is 0.0317 e. The Labute approximate surface area is 93.3 Å². The molecule has 84 valence electrons. The molecule has 0 bridgehead atoms. The molecule has 0 fully saturated rings. The molecule has 15 heavy (non-hydrogen) atoms. The molecule has 0 aromatic heterocycles. The van der Waals surface area contributed by atoms with Crippen molar-refractivity contribution in [1.29, 1.82) is 0 Å². The highest BCUT2D eigenvalue weighted by atomic mass is 15.1. The maximum absolute atomic E-state index is 3.17. The van der Waals surface area contributed by atoms with Gasteiger partial charge >= 0.3 is 0 Å². The molecule has 0 radical (unpaired) electrons. The third kappa shape index (κ3) is 3.65. The molecule has 0 aliphatic carbocycles. The van der Waals surface area contributed by atoms with Crippen LogP contribution < -0.4 is 5.32 Å². The van der Waals surface area contributed by atoms with Crippen LogP contribution in [-0.2, 0) is 0 Å². The van der Waals surface area contributed by atoms with Gasteiger partial charge in [0.05, 0.1) is 0 Å². The van der Waals surface area contributed by atoms with Gasteiger partial charge in [0.1, 0.15) is 0 Å². The summed E-state index contributed by atoms with van der Waals surface area (Å²) in [5.41, 5.74) is 2.73. The van der Waals surface area contributed by atoms with Crippen LogP contribution >= 0.6 is 0 Å². The van der Waals surface area contributed by atoms with Gasteiger partial charge in [-0.3, -0.25) is 4.90 Å². The van der Waals surface area contributed by atoms with E-state index in [-0.39, 0.29) is 0 Å². The Morgan fingerprint density at radius 2 is 2.13 bits per heavy atom. The van der Waals surface area contributed by atoms with Gasteiger partial charge in [-0.1, -0.05) is 29.8 Å². The van der Waals surface area contributed by atoms with Crippen molar-refractivity contribution in [2.24, 2.45) is 0 Å². The molecular weight excluding hydrogens is 184 g/mol. The molecule has 1 rings (SSSR count). The lowest BCUT2D eigenvalue weighted by atomic mass is 10.1. The molecule has 0 spiro atoms. The van der Waals surface area contributed by atoms with E-state index in [0.717, 1.165) is 13.1 Å². The highest BCUT2D eigenvalue weighted by Crippen LogP contribution is 2.18. The second kappa shape index (κ2) is 5.89. The molecule has 0 aliphatic heterocycles. The van der Waals surface area contributed by atoms with E-state index >= 15 is 0 Å². The Hall–Kier alpha value is -0.860. The van der Waals surface area contributed by atoms with E-state index in [1.54, 1.807) is 0 Å². The van der Waals surface area contributed by atoms with Crippen molar-refractivity contribution in [1.82, 2.24) is 10.2 Å². The minimum Gasteiger partial charge on any atom is -0.318 e. The summed E-state index contributed by atoms with van der Waals surface area (Å²) in [6, 6.07) is 9.23. The average Bonchev–Trinajstić information content (AvgIpc) is 2.24. The first-order chi connectivity index (χ1) is 7.15. The van der Waals surface area contributed by atoms with E-state index < -0.39 is 0 Å². The van der Waals surface area contributed by atoms with Gasteiger partial charge in [-0.15, -0.1) is 0 Å². The summed E-state index contributed by atoms with van der Waals surface area (Å²) >= 11 is 0. The molecule has 0 saturated heterocycles. The summed E-state index contributed by atoms with van der Waals surface area (Å²) in [7, 11) is 4.16. The number of aryl methyl sites for hydroxylation is 1. The molecule has 0 heterocycles. The molecule has 0 aliphatic rings. The number of likely N-dealkylation sites (N-methyl/N-ethyl adjacent to an activating group) is 2. The Balaban J connectivity index is 2.62. The summed E-state index contributed by atoms with van der Waals surface area (Å²) in [4.78, 5) is 2.37. The Kier molecular flexibility index (Phi) is 4.79. The largest absolute Gasteiger partial charge is 0.318 e. The molecule has 1 aromatic carbocycles. The van der Waals surface area contributed by atoms with Crippen LogP contribution in [0.25, 0.3) is 0 Å². The molecule has 0 amide bonds. The Bertz CT molecular complexity index is 296. The fourth-order valence-electron chi connectivity index (χ4n) is 1.67. The quantitative estimate of drug-likeness (QED) is 0.794. The number of rotatable bonds is 5. The zero-order valence-electron chi connectivity index (χ0n) is 10.2. The lowest BCUT2D eigenvalue weighted by Crippen LogP contribution is -2.29. The van der Waals surface area contributed by atoms with Crippen molar-refractivity contribution in [2.75, 3.05) is 27.2 Å². The molecule has 0 saturated carbocycles. The van der Waals surface area contributed by atoms with E-state index in [2.05, 4.69) is 55.4 Å². The molecular formula is C13H22N2. The molecule has 1 aromatic rings. The molecule has 2 nitrogen and oxygen atoms in total. The lowest BCUT2D eigenvalue weighted by molar-refractivity contribution is 0.263. The van der Waals surface area contributed by atoms with Crippen LogP contribution in [0.5, 0.6) is 0 Å². The van der Waals surface area contributed by atoms with Crippen LogP contribution in [0, 0.1) is 6.92 Å². The number of nitrogens with one attached hydrogen (secondary N) is 1. The van der Waals surface area contributed by atoms with E-state index in [1.807, 2.05) is 7.05 Å². The predicted molar refractivity (Wildman–Crippen MR) is 66.2 cm³/mol. The van der Waals surface area contributed by atoms with E-state index in [0.29, 0.717) is 6.04 Å². The van der Waals surface area contributed by atoms with Crippen LogP contribution in [0.1, 0.15) is 24.1 Å². The van der Waals surface area contributed by atoms with Gasteiger partial charge in [-0.05, 0) is 33.5 Å². The van der Waals surface area contributed by atoms with Gasteiger partial charge in [0, 0.05) is 19.1 Å². The van der Waals surface area contributed by atoms with Crippen molar-refractivity contribution >= 4 is 0 Å². The van der Waals surface area contributed by atoms with Gasteiger partial charge in [0.25, 0.3) is 0 Å². The van der Waals surface area contributed by atoms with Gasteiger partial charge in [0.15, 0.2) is 0 Å². The standard InChI is InChI=1S/C13H22N2/c1-11-6-5-7-13(10-11)12(2)15(4)9-8-14-3/h5-7,10,12,14H,8-9H2,1-4H3. The van der Waals surface area contributed by atoms with E-state index in [1.165, 1.54) is 11.1 Å². The maximum atomic E-state index is 3.17.